The second-order valence-corrected chi connectivity index (χ2v) is 8.14. The van der Waals surface area contributed by atoms with Gasteiger partial charge in [-0.3, -0.25) is 4.79 Å². The van der Waals surface area contributed by atoms with E-state index in [1.807, 2.05) is 6.92 Å². The molecule has 0 radical (unpaired) electrons. The van der Waals surface area contributed by atoms with E-state index in [0.717, 1.165) is 25.7 Å². The van der Waals surface area contributed by atoms with Crippen molar-refractivity contribution < 1.29 is 18.3 Å². The average Bonchev–Trinajstić information content (AvgIpc) is 2.80. The van der Waals surface area contributed by atoms with Crippen LogP contribution < -0.4 is 0 Å². The summed E-state index contributed by atoms with van der Waals surface area (Å²) in [6, 6.07) is 0. The van der Waals surface area contributed by atoms with Gasteiger partial charge < -0.3 is 5.11 Å². The number of carboxylic acids is 1. The highest BCUT2D eigenvalue weighted by atomic mass is 32.2. The molecule has 1 aliphatic heterocycles. The lowest BCUT2D eigenvalue weighted by Crippen LogP contribution is -2.46. The predicted octanol–water partition coefficient (Wildman–Crippen LogP) is 1.55. The van der Waals surface area contributed by atoms with E-state index in [1.54, 1.807) is 0 Å². The molecule has 1 N–H and O–H groups in total. The predicted molar refractivity (Wildman–Crippen MR) is 72.2 cm³/mol. The second kappa shape index (κ2) is 5.79. The molecule has 2 rings (SSSR count). The van der Waals surface area contributed by atoms with Crippen molar-refractivity contribution in [3.63, 3.8) is 0 Å². The van der Waals surface area contributed by atoms with Crippen molar-refractivity contribution in [1.29, 1.82) is 0 Å². The lowest BCUT2D eigenvalue weighted by atomic mass is 9.92. The zero-order valence-corrected chi connectivity index (χ0v) is 12.2. The summed E-state index contributed by atoms with van der Waals surface area (Å²) in [7, 11) is -3.30. The summed E-state index contributed by atoms with van der Waals surface area (Å²) >= 11 is 0. The molecular formula is C13H23NO4S. The Morgan fingerprint density at radius 1 is 1.26 bits per heavy atom. The Balaban J connectivity index is 2.03. The third kappa shape index (κ3) is 3.69. The van der Waals surface area contributed by atoms with E-state index < -0.39 is 21.9 Å². The van der Waals surface area contributed by atoms with Crippen LogP contribution in [0.15, 0.2) is 0 Å². The first-order valence-electron chi connectivity index (χ1n) is 7.09. The molecule has 0 amide bonds. The summed E-state index contributed by atoms with van der Waals surface area (Å²) in [6.07, 6.45) is 4.80. The fourth-order valence-corrected chi connectivity index (χ4v) is 5.32. The molecule has 2 fully saturated rings. The molecule has 2 aliphatic rings. The Morgan fingerprint density at radius 3 is 2.47 bits per heavy atom. The lowest BCUT2D eigenvalue weighted by molar-refractivity contribution is -0.143. The van der Waals surface area contributed by atoms with Gasteiger partial charge in [-0.1, -0.05) is 19.8 Å². The number of rotatable bonds is 4. The summed E-state index contributed by atoms with van der Waals surface area (Å²) < 4.78 is 26.2. The summed E-state index contributed by atoms with van der Waals surface area (Å²) in [6.45, 7) is 2.54. The number of carboxylic acid groups (broad SMARTS) is 1. The zero-order valence-electron chi connectivity index (χ0n) is 11.4. The number of piperidine rings is 1. The number of sulfonamides is 1. The number of carbonyl (C=O) groups is 1. The van der Waals surface area contributed by atoms with Crippen molar-refractivity contribution in [2.24, 2.45) is 17.8 Å². The van der Waals surface area contributed by atoms with Crippen molar-refractivity contribution in [3.05, 3.63) is 0 Å². The van der Waals surface area contributed by atoms with Crippen LogP contribution in [0.25, 0.3) is 0 Å². The molecule has 5 nitrogen and oxygen atoms in total. The molecule has 1 saturated carbocycles. The fraction of sp³-hybridized carbons (Fsp3) is 0.923. The third-order valence-electron chi connectivity index (χ3n) is 4.29. The van der Waals surface area contributed by atoms with E-state index in [0.29, 0.717) is 13.0 Å². The quantitative estimate of drug-likeness (QED) is 0.852. The minimum atomic E-state index is -3.30. The monoisotopic (exact) mass is 289 g/mol. The van der Waals surface area contributed by atoms with Crippen LogP contribution in [0.3, 0.4) is 0 Å². The normalized spacial score (nSPS) is 30.6. The van der Waals surface area contributed by atoms with E-state index in [9.17, 15) is 13.2 Å². The molecule has 1 aliphatic carbocycles. The van der Waals surface area contributed by atoms with Gasteiger partial charge >= 0.3 is 5.97 Å². The van der Waals surface area contributed by atoms with E-state index in [1.165, 1.54) is 4.31 Å². The molecular weight excluding hydrogens is 266 g/mol. The number of hydrogen-bond acceptors (Lipinski definition) is 3. The van der Waals surface area contributed by atoms with Crippen LogP contribution in [0, 0.1) is 17.8 Å². The van der Waals surface area contributed by atoms with Gasteiger partial charge in [0.25, 0.3) is 0 Å². The third-order valence-corrected chi connectivity index (χ3v) is 6.27. The largest absolute Gasteiger partial charge is 0.481 e. The van der Waals surface area contributed by atoms with Crippen molar-refractivity contribution in [1.82, 2.24) is 4.31 Å². The van der Waals surface area contributed by atoms with Gasteiger partial charge in [0, 0.05) is 13.1 Å². The standard InChI is InChI=1S/C13H23NO4S/c1-10-6-12(13(15)16)8-14(7-10)19(17,18)9-11-4-2-3-5-11/h10-12H,2-9H2,1H3,(H,15,16). The Labute approximate surface area is 115 Å². The van der Waals surface area contributed by atoms with Gasteiger partial charge in [0.05, 0.1) is 11.7 Å². The minimum absolute atomic E-state index is 0.119. The maximum Gasteiger partial charge on any atom is 0.307 e. The topological polar surface area (TPSA) is 74.7 Å². The van der Waals surface area contributed by atoms with Crippen molar-refractivity contribution in [2.45, 2.75) is 39.0 Å². The van der Waals surface area contributed by atoms with Crippen LogP contribution >= 0.6 is 0 Å². The molecule has 1 saturated heterocycles. The zero-order chi connectivity index (χ0) is 14.0. The van der Waals surface area contributed by atoms with Crippen LogP contribution in [-0.2, 0) is 14.8 Å². The van der Waals surface area contributed by atoms with Crippen molar-refractivity contribution >= 4 is 16.0 Å². The minimum Gasteiger partial charge on any atom is -0.481 e. The Hall–Kier alpha value is -0.620. The molecule has 110 valence electrons. The van der Waals surface area contributed by atoms with E-state index in [2.05, 4.69) is 0 Å². The summed E-state index contributed by atoms with van der Waals surface area (Å²) in [4.78, 5) is 11.1. The molecule has 0 aromatic heterocycles. The Bertz CT molecular complexity index is 428. The second-order valence-electron chi connectivity index (χ2n) is 6.12. The van der Waals surface area contributed by atoms with Gasteiger partial charge in [0.1, 0.15) is 0 Å². The van der Waals surface area contributed by atoms with E-state index in [4.69, 9.17) is 5.11 Å². The Morgan fingerprint density at radius 2 is 1.89 bits per heavy atom. The summed E-state index contributed by atoms with van der Waals surface area (Å²) in [5.41, 5.74) is 0. The van der Waals surface area contributed by atoms with E-state index in [-0.39, 0.29) is 24.1 Å². The number of hydrogen-bond donors (Lipinski definition) is 1. The summed E-state index contributed by atoms with van der Waals surface area (Å²) in [5, 5.41) is 9.10. The van der Waals surface area contributed by atoms with Gasteiger partial charge in [0.2, 0.25) is 10.0 Å². The van der Waals surface area contributed by atoms with Gasteiger partial charge in [0.15, 0.2) is 0 Å². The fourth-order valence-electron chi connectivity index (χ4n) is 3.29. The molecule has 2 unspecified atom stereocenters. The summed E-state index contributed by atoms with van der Waals surface area (Å²) in [5.74, 6) is -0.847. The van der Waals surface area contributed by atoms with Crippen molar-refractivity contribution in [2.75, 3.05) is 18.8 Å². The van der Waals surface area contributed by atoms with Crippen LogP contribution in [-0.4, -0.2) is 42.6 Å². The number of aliphatic carboxylic acids is 1. The molecule has 2 atom stereocenters. The van der Waals surface area contributed by atoms with Gasteiger partial charge in [-0.15, -0.1) is 0 Å². The highest BCUT2D eigenvalue weighted by Crippen LogP contribution is 2.29. The van der Waals surface area contributed by atoms with Gasteiger partial charge in [-0.05, 0) is 31.1 Å². The molecule has 0 aromatic rings. The Kier molecular flexibility index (Phi) is 4.50. The van der Waals surface area contributed by atoms with Crippen LogP contribution in [0.1, 0.15) is 39.0 Å². The molecule has 0 aromatic carbocycles. The molecule has 6 heteroatoms. The van der Waals surface area contributed by atoms with Crippen LogP contribution in [0.5, 0.6) is 0 Å². The maximum absolute atomic E-state index is 12.4. The van der Waals surface area contributed by atoms with Gasteiger partial charge in [-0.2, -0.15) is 0 Å². The average molecular weight is 289 g/mol. The van der Waals surface area contributed by atoms with Gasteiger partial charge in [-0.25, -0.2) is 12.7 Å². The highest BCUT2D eigenvalue weighted by molar-refractivity contribution is 7.89. The van der Waals surface area contributed by atoms with E-state index >= 15 is 0 Å². The smallest absolute Gasteiger partial charge is 0.307 e. The number of nitrogens with zero attached hydrogens (tertiary/aromatic N) is 1. The first-order chi connectivity index (χ1) is 8.88. The first-order valence-corrected chi connectivity index (χ1v) is 8.70. The molecule has 0 spiro atoms. The van der Waals surface area contributed by atoms with Crippen molar-refractivity contribution in [3.8, 4) is 0 Å². The molecule has 1 heterocycles. The molecule has 0 bridgehead atoms. The molecule has 19 heavy (non-hydrogen) atoms. The van der Waals surface area contributed by atoms with Crippen LogP contribution in [0.4, 0.5) is 0 Å². The highest BCUT2D eigenvalue weighted by Gasteiger charge is 2.36. The van der Waals surface area contributed by atoms with Crippen LogP contribution in [0.2, 0.25) is 0 Å². The SMILES string of the molecule is CC1CC(C(=O)O)CN(S(=O)(=O)CC2CCCC2)C1. The first kappa shape index (κ1) is 14.8. The maximum atomic E-state index is 12.4. The lowest BCUT2D eigenvalue weighted by Gasteiger charge is -2.34.